The smallest absolute Gasteiger partial charge is 0.325 e. The molecule has 0 aliphatic heterocycles. The van der Waals surface area contributed by atoms with Crippen LogP contribution in [0.25, 0.3) is 0 Å². The van der Waals surface area contributed by atoms with Crippen molar-refractivity contribution >= 4 is 11.9 Å². The van der Waals surface area contributed by atoms with E-state index in [1.54, 1.807) is 20.8 Å². The third kappa shape index (κ3) is 4.70. The largest absolute Gasteiger partial charge is 0.468 e. The van der Waals surface area contributed by atoms with Crippen molar-refractivity contribution < 1.29 is 14.3 Å². The van der Waals surface area contributed by atoms with E-state index in [2.05, 4.69) is 14.7 Å². The minimum absolute atomic E-state index is 0.0761. The Balaban J connectivity index is 2.72. The van der Waals surface area contributed by atoms with Gasteiger partial charge in [-0.1, -0.05) is 0 Å². The molecule has 1 N–H and O–H groups in total. The summed E-state index contributed by atoms with van der Waals surface area (Å²) in [5.74, 6) is -0.105. The molecule has 0 aliphatic carbocycles. The van der Waals surface area contributed by atoms with Gasteiger partial charge in [0.15, 0.2) is 0 Å². The zero-order valence-electron chi connectivity index (χ0n) is 12.9. The molecule has 0 spiro atoms. The summed E-state index contributed by atoms with van der Waals surface area (Å²) in [7, 11) is 1.28. The molecule has 1 amide bonds. The van der Waals surface area contributed by atoms with Crippen molar-refractivity contribution in [1.82, 2.24) is 14.9 Å². The number of hydrogen-bond donors (Lipinski definition) is 1. The average molecular weight is 295 g/mol. The van der Waals surface area contributed by atoms with E-state index >= 15 is 0 Å². The molecule has 0 aliphatic rings. The van der Waals surface area contributed by atoms with Gasteiger partial charge in [-0.15, -0.1) is 0 Å². The number of rotatable bonds is 6. The van der Waals surface area contributed by atoms with Crippen LogP contribution in [0.3, 0.4) is 0 Å². The SMILES string of the molecule is CCN(CC(=O)OC)C(=O)CCc1c(C)nc(C)[nH]c1=O. The van der Waals surface area contributed by atoms with Crippen molar-refractivity contribution in [3.8, 4) is 0 Å². The summed E-state index contributed by atoms with van der Waals surface area (Å²) < 4.78 is 4.55. The molecule has 21 heavy (non-hydrogen) atoms. The van der Waals surface area contributed by atoms with Crippen molar-refractivity contribution in [2.75, 3.05) is 20.2 Å². The quantitative estimate of drug-likeness (QED) is 0.764. The van der Waals surface area contributed by atoms with Crippen LogP contribution in [0.5, 0.6) is 0 Å². The second-order valence-electron chi connectivity index (χ2n) is 4.70. The lowest BCUT2D eigenvalue weighted by atomic mass is 10.1. The fourth-order valence-corrected chi connectivity index (χ4v) is 2.03. The summed E-state index contributed by atoms with van der Waals surface area (Å²) in [6.45, 7) is 5.57. The molecule has 0 fully saturated rings. The third-order valence-electron chi connectivity index (χ3n) is 3.21. The summed E-state index contributed by atoms with van der Waals surface area (Å²) in [5.41, 5.74) is 0.909. The molecule has 116 valence electrons. The highest BCUT2D eigenvalue weighted by Crippen LogP contribution is 2.05. The molecule has 1 rings (SSSR count). The Kier molecular flexibility index (Phi) is 6.08. The molecular weight excluding hydrogens is 274 g/mol. The van der Waals surface area contributed by atoms with Gasteiger partial charge in [0.25, 0.3) is 5.56 Å². The number of amides is 1. The van der Waals surface area contributed by atoms with Gasteiger partial charge < -0.3 is 14.6 Å². The maximum absolute atomic E-state index is 12.1. The Hall–Kier alpha value is -2.18. The summed E-state index contributed by atoms with van der Waals surface area (Å²) in [6.07, 6.45) is 0.449. The molecule has 7 nitrogen and oxygen atoms in total. The van der Waals surface area contributed by atoms with Crippen LogP contribution in [-0.2, 0) is 20.7 Å². The maximum atomic E-state index is 12.1. The van der Waals surface area contributed by atoms with Crippen LogP contribution in [0, 0.1) is 13.8 Å². The van der Waals surface area contributed by atoms with Crippen molar-refractivity contribution in [3.63, 3.8) is 0 Å². The van der Waals surface area contributed by atoms with E-state index in [4.69, 9.17) is 0 Å². The van der Waals surface area contributed by atoms with Gasteiger partial charge in [-0.3, -0.25) is 14.4 Å². The first kappa shape index (κ1) is 16.9. The Morgan fingerprint density at radius 1 is 1.33 bits per heavy atom. The van der Waals surface area contributed by atoms with E-state index in [1.807, 2.05) is 0 Å². The normalized spacial score (nSPS) is 10.3. The second kappa shape index (κ2) is 7.56. The van der Waals surface area contributed by atoms with Gasteiger partial charge in [0.2, 0.25) is 5.91 Å². The van der Waals surface area contributed by atoms with Gasteiger partial charge in [0.1, 0.15) is 12.4 Å². The minimum atomic E-state index is -0.462. The van der Waals surface area contributed by atoms with Crippen LogP contribution in [0.1, 0.15) is 30.4 Å². The molecule has 0 atom stereocenters. The van der Waals surface area contributed by atoms with Gasteiger partial charge in [0.05, 0.1) is 7.11 Å². The number of likely N-dealkylation sites (N-methyl/N-ethyl adjacent to an activating group) is 1. The van der Waals surface area contributed by atoms with Crippen LogP contribution in [0.15, 0.2) is 4.79 Å². The van der Waals surface area contributed by atoms with E-state index < -0.39 is 5.97 Å². The molecule has 7 heteroatoms. The fourth-order valence-electron chi connectivity index (χ4n) is 2.03. The van der Waals surface area contributed by atoms with E-state index in [0.29, 0.717) is 30.0 Å². The Morgan fingerprint density at radius 3 is 2.52 bits per heavy atom. The summed E-state index contributed by atoms with van der Waals surface area (Å²) >= 11 is 0. The first-order chi connectivity index (χ1) is 9.88. The minimum Gasteiger partial charge on any atom is -0.468 e. The number of carbonyl (C=O) groups excluding carboxylic acids is 2. The maximum Gasteiger partial charge on any atom is 0.325 e. The summed E-state index contributed by atoms with van der Waals surface area (Å²) in [4.78, 5) is 43.3. The van der Waals surface area contributed by atoms with E-state index in [0.717, 1.165) is 0 Å². The summed E-state index contributed by atoms with van der Waals surface area (Å²) in [5, 5.41) is 0. The number of esters is 1. The predicted molar refractivity (Wildman–Crippen MR) is 76.9 cm³/mol. The van der Waals surface area contributed by atoms with Gasteiger partial charge in [-0.2, -0.15) is 0 Å². The molecule has 1 aromatic rings. The van der Waals surface area contributed by atoms with Crippen LogP contribution in [-0.4, -0.2) is 46.9 Å². The fraction of sp³-hybridized carbons (Fsp3) is 0.571. The van der Waals surface area contributed by atoms with Gasteiger partial charge in [-0.05, 0) is 27.2 Å². The number of aryl methyl sites for hydroxylation is 2. The first-order valence-corrected chi connectivity index (χ1v) is 6.80. The lowest BCUT2D eigenvalue weighted by Crippen LogP contribution is -2.36. The number of H-pyrrole nitrogens is 1. The number of nitrogens with one attached hydrogen (secondary N) is 1. The monoisotopic (exact) mass is 295 g/mol. The van der Waals surface area contributed by atoms with Gasteiger partial charge >= 0.3 is 5.97 Å². The van der Waals surface area contributed by atoms with Gasteiger partial charge in [-0.25, -0.2) is 4.98 Å². The Morgan fingerprint density at radius 2 is 2.00 bits per heavy atom. The molecule has 1 heterocycles. The highest BCUT2D eigenvalue weighted by atomic mass is 16.5. The van der Waals surface area contributed by atoms with Gasteiger partial charge in [0, 0.05) is 24.2 Å². The average Bonchev–Trinajstić information content (AvgIpc) is 2.42. The summed E-state index contributed by atoms with van der Waals surface area (Å²) in [6, 6.07) is 0. The van der Waals surface area contributed by atoms with Crippen molar-refractivity contribution in [3.05, 3.63) is 27.4 Å². The van der Waals surface area contributed by atoms with E-state index in [1.165, 1.54) is 12.0 Å². The second-order valence-corrected chi connectivity index (χ2v) is 4.70. The molecule has 1 aromatic heterocycles. The van der Waals surface area contributed by atoms with Crippen molar-refractivity contribution in [1.29, 1.82) is 0 Å². The lowest BCUT2D eigenvalue weighted by molar-refractivity contribution is -0.146. The topological polar surface area (TPSA) is 92.4 Å². The molecule has 0 saturated heterocycles. The number of methoxy groups -OCH3 is 1. The Bertz CT molecular complexity index is 580. The number of carbonyl (C=O) groups is 2. The lowest BCUT2D eigenvalue weighted by Gasteiger charge is -2.19. The third-order valence-corrected chi connectivity index (χ3v) is 3.21. The highest BCUT2D eigenvalue weighted by Gasteiger charge is 2.17. The van der Waals surface area contributed by atoms with Crippen LogP contribution < -0.4 is 5.56 Å². The van der Waals surface area contributed by atoms with Crippen LogP contribution >= 0.6 is 0 Å². The molecule has 0 aromatic carbocycles. The standard InChI is InChI=1S/C14H21N3O4/c1-5-17(8-13(19)21-4)12(18)7-6-11-9(2)15-10(3)16-14(11)20/h5-8H2,1-4H3,(H,15,16,20). The predicted octanol–water partition coefficient (Wildman–Crippen LogP) is 0.341. The number of ether oxygens (including phenoxy) is 1. The molecule has 0 unspecified atom stereocenters. The van der Waals surface area contributed by atoms with Crippen molar-refractivity contribution in [2.45, 2.75) is 33.6 Å². The van der Waals surface area contributed by atoms with E-state index in [9.17, 15) is 14.4 Å². The number of hydrogen-bond acceptors (Lipinski definition) is 5. The van der Waals surface area contributed by atoms with Crippen molar-refractivity contribution in [2.24, 2.45) is 0 Å². The molecule has 0 bridgehead atoms. The number of aromatic amines is 1. The van der Waals surface area contributed by atoms with E-state index in [-0.39, 0.29) is 24.4 Å². The molecule has 0 radical (unpaired) electrons. The number of nitrogens with zero attached hydrogens (tertiary/aromatic N) is 2. The van der Waals surface area contributed by atoms with Crippen LogP contribution in [0.4, 0.5) is 0 Å². The highest BCUT2D eigenvalue weighted by molar-refractivity contribution is 5.82. The first-order valence-electron chi connectivity index (χ1n) is 6.80. The molecule has 0 saturated carbocycles. The van der Waals surface area contributed by atoms with Crippen LogP contribution in [0.2, 0.25) is 0 Å². The number of aromatic nitrogens is 2. The zero-order chi connectivity index (χ0) is 16.0. The molecular formula is C14H21N3O4. The Labute approximate surface area is 123 Å². The zero-order valence-corrected chi connectivity index (χ0v) is 12.9.